The molecule has 1 aromatic heterocycles. The summed E-state index contributed by atoms with van der Waals surface area (Å²) in [5.41, 5.74) is 4.92. The van der Waals surface area contributed by atoms with Gasteiger partial charge < -0.3 is 14.9 Å². The molecule has 34 heavy (non-hydrogen) atoms. The number of phenolic OH excluding ortho intramolecular Hbond substituents is 1. The van der Waals surface area contributed by atoms with Crippen LogP contribution in [0, 0.1) is 5.92 Å². The van der Waals surface area contributed by atoms with E-state index >= 15 is 0 Å². The Bertz CT molecular complexity index is 1340. The van der Waals surface area contributed by atoms with E-state index in [-0.39, 0.29) is 17.9 Å². The van der Waals surface area contributed by atoms with Crippen LogP contribution < -0.4 is 4.74 Å². The van der Waals surface area contributed by atoms with E-state index in [0.717, 1.165) is 59.8 Å². The molecule has 5 nitrogen and oxygen atoms in total. The SMILES string of the molecule is Oc1ccc2c3c1O[C@H]1c4ncc(-c5ccccc5)cc4C[C@@]4(O)C(C2)N(CC2CC2)CCC314. The predicted octanol–water partition coefficient (Wildman–Crippen LogP) is 4.15. The second-order valence-corrected chi connectivity index (χ2v) is 11.1. The maximum absolute atomic E-state index is 12.8. The average Bonchev–Trinajstić information content (AvgIpc) is 3.59. The standard InChI is InChI=1S/C29H28N2O3/c32-22-9-8-19-13-23-29(33)14-20-12-21(18-4-2-1-3-5-18)15-30-25(20)27-28(29,24(19)26(22)34-27)10-11-31(23)16-17-6-7-17/h1-5,8-9,12,15,17,23,27,32-33H,6-7,10-11,13-14,16H2/t23?,27-,28?,29+/m0/s1. The summed E-state index contributed by atoms with van der Waals surface area (Å²) >= 11 is 0. The van der Waals surface area contributed by atoms with Crippen LogP contribution in [-0.4, -0.2) is 44.8 Å². The van der Waals surface area contributed by atoms with Crippen molar-refractivity contribution in [3.8, 4) is 22.6 Å². The zero-order chi connectivity index (χ0) is 22.7. The van der Waals surface area contributed by atoms with Gasteiger partial charge in [-0.05, 0) is 67.0 Å². The van der Waals surface area contributed by atoms with Crippen molar-refractivity contribution in [2.45, 2.75) is 55.3 Å². The van der Waals surface area contributed by atoms with Crippen molar-refractivity contribution in [3.05, 3.63) is 77.1 Å². The van der Waals surface area contributed by atoms with E-state index in [9.17, 15) is 10.2 Å². The summed E-state index contributed by atoms with van der Waals surface area (Å²) in [6.07, 6.45) is 6.36. The summed E-state index contributed by atoms with van der Waals surface area (Å²) in [6.45, 7) is 2.03. The zero-order valence-corrected chi connectivity index (χ0v) is 19.1. The second-order valence-electron chi connectivity index (χ2n) is 11.1. The minimum absolute atomic E-state index is 0.0458. The van der Waals surface area contributed by atoms with Gasteiger partial charge in [0.05, 0.1) is 16.7 Å². The number of phenols is 1. The second kappa shape index (κ2) is 6.41. The number of aromatic hydroxyl groups is 1. The lowest BCUT2D eigenvalue weighted by Crippen LogP contribution is -2.74. The van der Waals surface area contributed by atoms with Crippen LogP contribution in [0.25, 0.3) is 11.1 Å². The number of nitrogens with zero attached hydrogens (tertiary/aromatic N) is 2. The largest absolute Gasteiger partial charge is 0.504 e. The Morgan fingerprint density at radius 1 is 1.06 bits per heavy atom. The molecule has 2 N–H and O–H groups in total. The summed E-state index contributed by atoms with van der Waals surface area (Å²) in [4.78, 5) is 7.52. The Morgan fingerprint density at radius 3 is 2.74 bits per heavy atom. The third-order valence-corrected chi connectivity index (χ3v) is 9.33. The molecule has 2 fully saturated rings. The summed E-state index contributed by atoms with van der Waals surface area (Å²) in [6, 6.07) is 16.4. The van der Waals surface area contributed by atoms with Crippen LogP contribution >= 0.6 is 0 Å². The van der Waals surface area contributed by atoms with E-state index < -0.39 is 11.0 Å². The highest BCUT2D eigenvalue weighted by molar-refractivity contribution is 5.67. The fourth-order valence-electron chi connectivity index (χ4n) is 7.63. The average molecular weight is 453 g/mol. The van der Waals surface area contributed by atoms with Crippen molar-refractivity contribution in [1.82, 2.24) is 9.88 Å². The molecule has 1 spiro atoms. The molecule has 0 amide bonds. The molecular formula is C29H28N2O3. The smallest absolute Gasteiger partial charge is 0.166 e. The van der Waals surface area contributed by atoms with Gasteiger partial charge in [-0.25, -0.2) is 0 Å². The number of benzene rings is 2. The fraction of sp³-hybridized carbons (Fsp3) is 0.414. The molecule has 5 aliphatic rings. The number of aromatic nitrogens is 1. The monoisotopic (exact) mass is 452 g/mol. The van der Waals surface area contributed by atoms with Crippen molar-refractivity contribution in [3.63, 3.8) is 0 Å². The lowest BCUT2D eigenvalue weighted by atomic mass is 9.49. The van der Waals surface area contributed by atoms with E-state index in [4.69, 9.17) is 9.72 Å². The molecule has 5 heteroatoms. The van der Waals surface area contributed by atoms with Gasteiger partial charge in [-0.2, -0.15) is 0 Å². The van der Waals surface area contributed by atoms with Gasteiger partial charge in [0.2, 0.25) is 0 Å². The number of rotatable bonds is 3. The number of likely N-dealkylation sites (tertiary alicyclic amines) is 1. The van der Waals surface area contributed by atoms with Crippen molar-refractivity contribution >= 4 is 0 Å². The summed E-state index contributed by atoms with van der Waals surface area (Å²) < 4.78 is 6.58. The number of hydrogen-bond acceptors (Lipinski definition) is 5. The maximum atomic E-state index is 12.8. The number of hydrogen-bond donors (Lipinski definition) is 2. The Kier molecular flexibility index (Phi) is 3.66. The highest BCUT2D eigenvalue weighted by Crippen LogP contribution is 2.68. The summed E-state index contributed by atoms with van der Waals surface area (Å²) in [5, 5.41) is 23.6. The number of pyridine rings is 1. The number of fused-ring (bicyclic) bond motifs is 2. The fourth-order valence-corrected chi connectivity index (χ4v) is 7.63. The van der Waals surface area contributed by atoms with E-state index in [2.05, 4.69) is 29.2 Å². The van der Waals surface area contributed by atoms with Crippen LogP contribution in [-0.2, 0) is 18.3 Å². The first kappa shape index (κ1) is 19.4. The number of ether oxygens (including phenoxy) is 1. The molecule has 2 aliphatic heterocycles. The molecule has 1 saturated carbocycles. The minimum atomic E-state index is -0.957. The first-order valence-corrected chi connectivity index (χ1v) is 12.6. The zero-order valence-electron chi connectivity index (χ0n) is 19.1. The normalized spacial score (nSPS) is 32.6. The minimum Gasteiger partial charge on any atom is -0.504 e. The van der Waals surface area contributed by atoms with Crippen LogP contribution in [0.3, 0.4) is 0 Å². The predicted molar refractivity (Wildman–Crippen MR) is 128 cm³/mol. The van der Waals surface area contributed by atoms with Gasteiger partial charge in [0.25, 0.3) is 0 Å². The van der Waals surface area contributed by atoms with Crippen LogP contribution in [0.5, 0.6) is 11.5 Å². The first-order chi connectivity index (χ1) is 16.6. The molecule has 1 saturated heterocycles. The van der Waals surface area contributed by atoms with Crippen molar-refractivity contribution in [1.29, 1.82) is 0 Å². The molecule has 172 valence electrons. The Labute approximate surface area is 199 Å². The van der Waals surface area contributed by atoms with Gasteiger partial charge >= 0.3 is 0 Å². The molecule has 2 aromatic carbocycles. The van der Waals surface area contributed by atoms with Crippen molar-refractivity contribution in [2.24, 2.45) is 5.92 Å². The first-order valence-electron chi connectivity index (χ1n) is 12.6. The summed E-state index contributed by atoms with van der Waals surface area (Å²) in [5.74, 6) is 1.51. The molecule has 4 atom stereocenters. The van der Waals surface area contributed by atoms with Crippen LogP contribution in [0.4, 0.5) is 0 Å². The highest BCUT2D eigenvalue weighted by atomic mass is 16.5. The number of piperidine rings is 1. The highest BCUT2D eigenvalue weighted by Gasteiger charge is 2.72. The molecule has 2 bridgehead atoms. The lowest BCUT2D eigenvalue weighted by molar-refractivity contribution is -0.173. The van der Waals surface area contributed by atoms with Gasteiger partial charge in [0, 0.05) is 36.3 Å². The van der Waals surface area contributed by atoms with Crippen molar-refractivity contribution < 1.29 is 14.9 Å². The molecule has 2 unspecified atom stereocenters. The van der Waals surface area contributed by atoms with E-state index in [1.54, 1.807) is 6.07 Å². The Balaban J connectivity index is 1.34. The Hall–Kier alpha value is -2.89. The van der Waals surface area contributed by atoms with Gasteiger partial charge in [0.15, 0.2) is 17.6 Å². The molecular weight excluding hydrogens is 424 g/mol. The quantitative estimate of drug-likeness (QED) is 0.625. The Morgan fingerprint density at radius 2 is 1.91 bits per heavy atom. The van der Waals surface area contributed by atoms with Gasteiger partial charge in [-0.3, -0.25) is 9.88 Å². The van der Waals surface area contributed by atoms with Gasteiger partial charge in [0.1, 0.15) is 0 Å². The lowest BCUT2D eigenvalue weighted by Gasteiger charge is -2.63. The molecule has 8 rings (SSSR count). The summed E-state index contributed by atoms with van der Waals surface area (Å²) in [7, 11) is 0. The molecule has 3 heterocycles. The van der Waals surface area contributed by atoms with Crippen molar-refractivity contribution in [2.75, 3.05) is 13.1 Å². The molecule has 3 aliphatic carbocycles. The molecule has 0 radical (unpaired) electrons. The number of aliphatic hydroxyl groups is 1. The third kappa shape index (κ3) is 2.30. The van der Waals surface area contributed by atoms with E-state index in [1.807, 2.05) is 24.4 Å². The van der Waals surface area contributed by atoms with Crippen LogP contribution in [0.2, 0.25) is 0 Å². The maximum Gasteiger partial charge on any atom is 0.166 e. The van der Waals surface area contributed by atoms with Crippen LogP contribution in [0.1, 0.15) is 47.8 Å². The van der Waals surface area contributed by atoms with Gasteiger partial charge in [-0.15, -0.1) is 0 Å². The van der Waals surface area contributed by atoms with E-state index in [1.165, 1.54) is 18.4 Å². The van der Waals surface area contributed by atoms with E-state index in [0.29, 0.717) is 12.2 Å². The van der Waals surface area contributed by atoms with Gasteiger partial charge in [-0.1, -0.05) is 36.4 Å². The van der Waals surface area contributed by atoms with Crippen LogP contribution in [0.15, 0.2) is 54.7 Å². The topological polar surface area (TPSA) is 65.8 Å². The molecule has 3 aromatic rings. The third-order valence-electron chi connectivity index (χ3n) is 9.33.